The Morgan fingerprint density at radius 3 is 2.90 bits per heavy atom. The number of aliphatic hydroxyl groups is 1. The highest BCUT2D eigenvalue weighted by molar-refractivity contribution is 6.00. The molecule has 1 fully saturated rings. The third-order valence-electron chi connectivity index (χ3n) is 3.79. The zero-order valence-corrected chi connectivity index (χ0v) is 11.1. The van der Waals surface area contributed by atoms with E-state index in [4.69, 9.17) is 0 Å². The molecule has 0 spiro atoms. The number of piperidine rings is 1. The summed E-state index contributed by atoms with van der Waals surface area (Å²) in [5.74, 6) is 0.0877. The third kappa shape index (κ3) is 2.34. The van der Waals surface area contributed by atoms with Crippen LogP contribution in [0.3, 0.4) is 0 Å². The molecule has 0 aromatic heterocycles. The van der Waals surface area contributed by atoms with Crippen LogP contribution in [0.25, 0.3) is 10.8 Å². The number of carbonyl (C=O) groups is 1. The Morgan fingerprint density at radius 1 is 1.25 bits per heavy atom. The fourth-order valence-corrected chi connectivity index (χ4v) is 2.71. The highest BCUT2D eigenvalue weighted by Gasteiger charge is 2.23. The Balaban J connectivity index is 1.93. The molecule has 104 valence electrons. The van der Waals surface area contributed by atoms with E-state index in [0.29, 0.717) is 24.0 Å². The summed E-state index contributed by atoms with van der Waals surface area (Å²) in [4.78, 5) is 14.1. The molecule has 1 amide bonds. The molecule has 1 saturated heterocycles. The highest BCUT2D eigenvalue weighted by Crippen LogP contribution is 2.26. The minimum Gasteiger partial charge on any atom is -0.507 e. The highest BCUT2D eigenvalue weighted by atomic mass is 16.3. The maximum absolute atomic E-state index is 12.4. The van der Waals surface area contributed by atoms with Crippen LogP contribution in [-0.4, -0.2) is 40.2 Å². The van der Waals surface area contributed by atoms with Crippen molar-refractivity contribution in [1.29, 1.82) is 0 Å². The average molecular weight is 271 g/mol. The van der Waals surface area contributed by atoms with Gasteiger partial charge in [0.2, 0.25) is 0 Å². The van der Waals surface area contributed by atoms with Crippen LogP contribution in [0.2, 0.25) is 0 Å². The molecule has 4 nitrogen and oxygen atoms in total. The zero-order valence-electron chi connectivity index (χ0n) is 11.1. The van der Waals surface area contributed by atoms with Crippen molar-refractivity contribution in [2.24, 2.45) is 0 Å². The smallest absolute Gasteiger partial charge is 0.253 e. The topological polar surface area (TPSA) is 60.8 Å². The van der Waals surface area contributed by atoms with Crippen LogP contribution >= 0.6 is 0 Å². The minimum absolute atomic E-state index is 0.0890. The van der Waals surface area contributed by atoms with E-state index in [2.05, 4.69) is 0 Å². The van der Waals surface area contributed by atoms with Crippen LogP contribution in [0.5, 0.6) is 5.75 Å². The van der Waals surface area contributed by atoms with Gasteiger partial charge >= 0.3 is 0 Å². The van der Waals surface area contributed by atoms with Gasteiger partial charge in [0.25, 0.3) is 5.91 Å². The number of β-amino-alcohol motifs (C(OH)–C–C–N with tert-alkyl or cyclic N) is 1. The average Bonchev–Trinajstić information content (AvgIpc) is 2.47. The summed E-state index contributed by atoms with van der Waals surface area (Å²) in [6.07, 6.45) is 1.15. The van der Waals surface area contributed by atoms with Gasteiger partial charge in [0.05, 0.1) is 6.10 Å². The summed E-state index contributed by atoms with van der Waals surface area (Å²) < 4.78 is 0. The lowest BCUT2D eigenvalue weighted by Crippen LogP contribution is -2.42. The Labute approximate surface area is 117 Å². The molecule has 3 rings (SSSR count). The summed E-state index contributed by atoms with van der Waals surface area (Å²) in [6.45, 7) is 1.06. The van der Waals surface area contributed by atoms with Crippen molar-refractivity contribution in [3.8, 4) is 5.75 Å². The number of hydrogen-bond acceptors (Lipinski definition) is 3. The third-order valence-corrected chi connectivity index (χ3v) is 3.79. The first kappa shape index (κ1) is 12.9. The lowest BCUT2D eigenvalue weighted by atomic mass is 10.0. The van der Waals surface area contributed by atoms with E-state index in [1.54, 1.807) is 29.2 Å². The van der Waals surface area contributed by atoms with Gasteiger partial charge < -0.3 is 15.1 Å². The molecule has 1 atom stereocenters. The summed E-state index contributed by atoms with van der Waals surface area (Å²) in [7, 11) is 0. The van der Waals surface area contributed by atoms with Crippen LogP contribution in [0.1, 0.15) is 23.2 Å². The van der Waals surface area contributed by atoms with Gasteiger partial charge in [-0.05, 0) is 36.4 Å². The molecule has 2 N–H and O–H groups in total. The standard InChI is InChI=1S/C16H17NO3/c18-13-4-2-8-17(10-13)16(20)12-7-6-11-3-1-5-15(19)14(11)9-12/h1,3,5-7,9,13,18-19H,2,4,8,10H2/t13-/m1/s1. The van der Waals surface area contributed by atoms with Crippen molar-refractivity contribution in [3.63, 3.8) is 0 Å². The predicted octanol–water partition coefficient (Wildman–Crippen LogP) is 2.14. The molecule has 0 radical (unpaired) electrons. The van der Waals surface area contributed by atoms with E-state index < -0.39 is 6.10 Å². The van der Waals surface area contributed by atoms with Crippen molar-refractivity contribution < 1.29 is 15.0 Å². The number of phenols is 1. The first-order valence-electron chi connectivity index (χ1n) is 6.84. The Hall–Kier alpha value is -2.07. The van der Waals surface area contributed by atoms with Gasteiger partial charge in [-0.3, -0.25) is 4.79 Å². The first-order chi connectivity index (χ1) is 9.65. The van der Waals surface area contributed by atoms with Crippen LogP contribution in [0.4, 0.5) is 0 Å². The van der Waals surface area contributed by atoms with Gasteiger partial charge in [0.1, 0.15) is 5.75 Å². The lowest BCUT2D eigenvalue weighted by Gasteiger charge is -2.30. The van der Waals surface area contributed by atoms with Gasteiger partial charge in [-0.15, -0.1) is 0 Å². The number of benzene rings is 2. The molecular weight excluding hydrogens is 254 g/mol. The Kier molecular flexibility index (Phi) is 3.32. The number of amides is 1. The normalized spacial score (nSPS) is 19.2. The quantitative estimate of drug-likeness (QED) is 0.835. The van der Waals surface area contributed by atoms with Gasteiger partial charge in [-0.25, -0.2) is 0 Å². The molecule has 1 heterocycles. The summed E-state index contributed by atoms with van der Waals surface area (Å²) in [5.41, 5.74) is 0.549. The van der Waals surface area contributed by atoms with Gasteiger partial charge in [0.15, 0.2) is 0 Å². The number of rotatable bonds is 1. The second kappa shape index (κ2) is 5.13. The molecular formula is C16H17NO3. The number of hydrogen-bond donors (Lipinski definition) is 2. The monoisotopic (exact) mass is 271 g/mol. The van der Waals surface area contributed by atoms with Gasteiger partial charge in [-0.2, -0.15) is 0 Å². The van der Waals surface area contributed by atoms with Crippen molar-refractivity contribution in [3.05, 3.63) is 42.0 Å². The molecule has 0 aliphatic carbocycles. The molecule has 0 saturated carbocycles. The molecule has 20 heavy (non-hydrogen) atoms. The number of aliphatic hydroxyl groups excluding tert-OH is 1. The van der Waals surface area contributed by atoms with Crippen LogP contribution in [0, 0.1) is 0 Å². The molecule has 1 aliphatic heterocycles. The number of aromatic hydroxyl groups is 1. The van der Waals surface area contributed by atoms with E-state index in [1.165, 1.54) is 0 Å². The van der Waals surface area contributed by atoms with Crippen LogP contribution in [0.15, 0.2) is 36.4 Å². The van der Waals surface area contributed by atoms with Crippen molar-refractivity contribution in [2.75, 3.05) is 13.1 Å². The fourth-order valence-electron chi connectivity index (χ4n) is 2.71. The number of carbonyl (C=O) groups excluding carboxylic acids is 1. The van der Waals surface area contributed by atoms with E-state index in [9.17, 15) is 15.0 Å². The van der Waals surface area contributed by atoms with Crippen LogP contribution < -0.4 is 0 Å². The first-order valence-corrected chi connectivity index (χ1v) is 6.84. The number of fused-ring (bicyclic) bond motifs is 1. The van der Waals surface area contributed by atoms with E-state index in [-0.39, 0.29) is 11.7 Å². The predicted molar refractivity (Wildman–Crippen MR) is 76.8 cm³/mol. The lowest BCUT2D eigenvalue weighted by molar-refractivity contribution is 0.0474. The zero-order chi connectivity index (χ0) is 14.1. The Bertz CT molecular complexity index is 653. The number of likely N-dealkylation sites (tertiary alicyclic amines) is 1. The van der Waals surface area contributed by atoms with Gasteiger partial charge in [-0.1, -0.05) is 18.2 Å². The van der Waals surface area contributed by atoms with E-state index in [1.807, 2.05) is 12.1 Å². The minimum atomic E-state index is -0.429. The Morgan fingerprint density at radius 2 is 2.10 bits per heavy atom. The SMILES string of the molecule is O=C(c1ccc2cccc(O)c2c1)N1CCC[C@@H](O)C1. The summed E-state index contributed by atoms with van der Waals surface area (Å²) in [5, 5.41) is 21.1. The maximum Gasteiger partial charge on any atom is 0.253 e. The number of nitrogens with zero attached hydrogens (tertiary/aromatic N) is 1. The van der Waals surface area contributed by atoms with E-state index >= 15 is 0 Å². The largest absolute Gasteiger partial charge is 0.507 e. The summed E-state index contributed by atoms with van der Waals surface area (Å²) >= 11 is 0. The van der Waals surface area contributed by atoms with Crippen molar-refractivity contribution in [1.82, 2.24) is 4.90 Å². The van der Waals surface area contributed by atoms with Crippen LogP contribution in [-0.2, 0) is 0 Å². The fraction of sp³-hybridized carbons (Fsp3) is 0.312. The second-order valence-electron chi connectivity index (χ2n) is 5.26. The molecule has 1 aliphatic rings. The molecule has 4 heteroatoms. The second-order valence-corrected chi connectivity index (χ2v) is 5.26. The molecule has 0 bridgehead atoms. The molecule has 2 aromatic carbocycles. The number of phenolic OH excluding ortho intramolecular Hbond substituents is 1. The van der Waals surface area contributed by atoms with Crippen molar-refractivity contribution >= 4 is 16.7 Å². The van der Waals surface area contributed by atoms with E-state index in [0.717, 1.165) is 18.2 Å². The summed E-state index contributed by atoms with van der Waals surface area (Å²) in [6, 6.07) is 10.6. The molecule has 0 unspecified atom stereocenters. The van der Waals surface area contributed by atoms with Gasteiger partial charge in [0, 0.05) is 24.0 Å². The van der Waals surface area contributed by atoms with Crippen molar-refractivity contribution in [2.45, 2.75) is 18.9 Å². The molecule has 2 aromatic rings. The maximum atomic E-state index is 12.4.